The van der Waals surface area contributed by atoms with Crippen molar-refractivity contribution < 1.29 is 4.79 Å². The number of piperidine rings is 1. The third kappa shape index (κ3) is 4.60. The zero-order chi connectivity index (χ0) is 18.8. The molecule has 0 aromatic carbocycles. The van der Waals surface area contributed by atoms with Gasteiger partial charge in [0.2, 0.25) is 5.91 Å². The second-order valence-electron chi connectivity index (χ2n) is 8.73. The molecule has 1 unspecified atom stereocenters. The molecular formula is C21H32N4O2. The molecule has 3 fully saturated rings. The van der Waals surface area contributed by atoms with Crippen LogP contribution in [0.25, 0.3) is 0 Å². The van der Waals surface area contributed by atoms with Gasteiger partial charge in [-0.3, -0.25) is 14.2 Å². The summed E-state index contributed by atoms with van der Waals surface area (Å²) in [5.74, 6) is 1.37. The van der Waals surface area contributed by atoms with Crippen LogP contribution in [0.2, 0.25) is 0 Å². The van der Waals surface area contributed by atoms with Gasteiger partial charge in [-0.05, 0) is 57.5 Å². The molecule has 148 valence electrons. The number of rotatable bonds is 5. The molecule has 3 aliphatic rings. The van der Waals surface area contributed by atoms with E-state index in [2.05, 4.69) is 9.88 Å². The van der Waals surface area contributed by atoms with Gasteiger partial charge >= 0.3 is 0 Å². The summed E-state index contributed by atoms with van der Waals surface area (Å²) < 4.78 is 1.80. The Bertz CT molecular complexity index is 719. The van der Waals surface area contributed by atoms with Gasteiger partial charge in [-0.15, -0.1) is 0 Å². The third-order valence-corrected chi connectivity index (χ3v) is 6.65. The molecule has 1 amide bonds. The average Bonchev–Trinajstić information content (AvgIpc) is 3.52. The van der Waals surface area contributed by atoms with Crippen LogP contribution in [0, 0.1) is 5.92 Å². The lowest BCUT2D eigenvalue weighted by atomic mass is 9.96. The molecule has 0 bridgehead atoms. The normalized spacial score (nSPS) is 25.6. The first-order valence-electron chi connectivity index (χ1n) is 10.6. The van der Waals surface area contributed by atoms with E-state index in [4.69, 9.17) is 0 Å². The summed E-state index contributed by atoms with van der Waals surface area (Å²) in [5, 5.41) is 0. The highest BCUT2D eigenvalue weighted by atomic mass is 16.2. The van der Waals surface area contributed by atoms with E-state index in [9.17, 15) is 9.59 Å². The second kappa shape index (κ2) is 8.13. The van der Waals surface area contributed by atoms with Crippen LogP contribution in [0.4, 0.5) is 0 Å². The Morgan fingerprint density at radius 1 is 1.04 bits per heavy atom. The molecule has 0 N–H and O–H groups in total. The van der Waals surface area contributed by atoms with Gasteiger partial charge in [-0.1, -0.05) is 6.42 Å². The lowest BCUT2D eigenvalue weighted by Gasteiger charge is -2.36. The smallest absolute Gasteiger partial charge is 0.253 e. The monoisotopic (exact) mass is 372 g/mol. The van der Waals surface area contributed by atoms with Gasteiger partial charge in [0.1, 0.15) is 0 Å². The topological polar surface area (TPSA) is 58.4 Å². The number of amides is 1. The third-order valence-electron chi connectivity index (χ3n) is 6.65. The molecular weight excluding hydrogens is 340 g/mol. The Balaban J connectivity index is 1.27. The van der Waals surface area contributed by atoms with Crippen LogP contribution >= 0.6 is 0 Å². The number of aromatic nitrogens is 2. The van der Waals surface area contributed by atoms with Crippen LogP contribution < -0.4 is 5.56 Å². The van der Waals surface area contributed by atoms with Crippen molar-refractivity contribution in [3.05, 3.63) is 28.4 Å². The van der Waals surface area contributed by atoms with Crippen molar-refractivity contribution in [2.75, 3.05) is 26.7 Å². The van der Waals surface area contributed by atoms with Crippen LogP contribution in [0.3, 0.4) is 0 Å². The molecule has 1 saturated carbocycles. The van der Waals surface area contributed by atoms with Gasteiger partial charge < -0.3 is 9.80 Å². The first-order valence-corrected chi connectivity index (χ1v) is 10.6. The first-order chi connectivity index (χ1) is 13.1. The fraction of sp³-hybridized carbons (Fsp3) is 0.762. The fourth-order valence-electron chi connectivity index (χ4n) is 4.55. The van der Waals surface area contributed by atoms with E-state index in [0.717, 1.165) is 64.0 Å². The Kier molecular flexibility index (Phi) is 5.62. The summed E-state index contributed by atoms with van der Waals surface area (Å²) in [4.78, 5) is 33.4. The number of likely N-dealkylation sites (N-methyl/N-ethyl adjacent to an activating group) is 1. The van der Waals surface area contributed by atoms with Gasteiger partial charge in [0, 0.05) is 44.6 Å². The Hall–Kier alpha value is -1.69. The zero-order valence-corrected chi connectivity index (χ0v) is 16.5. The SMILES string of the molecule is CN1C(=O)CCCCC1CN1CCC(Cn2cnc(C3CC3)cc2=O)CC1. The van der Waals surface area contributed by atoms with Gasteiger partial charge in [-0.2, -0.15) is 0 Å². The number of likely N-dealkylation sites (tertiary alicyclic amines) is 2. The van der Waals surface area contributed by atoms with E-state index in [1.54, 1.807) is 17.0 Å². The highest BCUT2D eigenvalue weighted by molar-refractivity contribution is 5.76. The van der Waals surface area contributed by atoms with Crippen LogP contribution in [0.1, 0.15) is 63.0 Å². The number of hydrogen-bond acceptors (Lipinski definition) is 4. The molecule has 4 rings (SSSR count). The highest BCUT2D eigenvalue weighted by Crippen LogP contribution is 2.38. The van der Waals surface area contributed by atoms with Gasteiger partial charge in [-0.25, -0.2) is 4.98 Å². The Morgan fingerprint density at radius 3 is 2.52 bits per heavy atom. The summed E-state index contributed by atoms with van der Waals surface area (Å²) in [6.07, 6.45) is 10.4. The lowest BCUT2D eigenvalue weighted by molar-refractivity contribution is -0.131. The summed E-state index contributed by atoms with van der Waals surface area (Å²) in [7, 11) is 1.97. The van der Waals surface area contributed by atoms with Crippen molar-refractivity contribution in [1.82, 2.24) is 19.4 Å². The number of nitrogens with zero attached hydrogens (tertiary/aromatic N) is 4. The van der Waals surface area contributed by atoms with Crippen LogP contribution in [0.15, 0.2) is 17.2 Å². The van der Waals surface area contributed by atoms with Crippen molar-refractivity contribution in [3.63, 3.8) is 0 Å². The van der Waals surface area contributed by atoms with Gasteiger partial charge in [0.25, 0.3) is 5.56 Å². The molecule has 2 saturated heterocycles. The molecule has 1 aromatic heterocycles. The minimum absolute atomic E-state index is 0.105. The second-order valence-corrected chi connectivity index (χ2v) is 8.73. The number of hydrogen-bond donors (Lipinski definition) is 0. The molecule has 6 heteroatoms. The van der Waals surface area contributed by atoms with Crippen LogP contribution in [-0.4, -0.2) is 58.0 Å². The molecule has 27 heavy (non-hydrogen) atoms. The number of carbonyl (C=O) groups excluding carboxylic acids is 1. The predicted octanol–water partition coefficient (Wildman–Crippen LogP) is 2.23. The highest BCUT2D eigenvalue weighted by Gasteiger charge is 2.28. The maximum absolute atomic E-state index is 12.3. The van der Waals surface area contributed by atoms with Crippen molar-refractivity contribution >= 4 is 5.91 Å². The molecule has 2 aliphatic heterocycles. The quantitative estimate of drug-likeness (QED) is 0.795. The average molecular weight is 373 g/mol. The van der Waals surface area contributed by atoms with E-state index in [-0.39, 0.29) is 5.56 Å². The largest absolute Gasteiger partial charge is 0.341 e. The molecule has 1 atom stereocenters. The first kappa shape index (κ1) is 18.7. The van der Waals surface area contributed by atoms with Crippen molar-refractivity contribution in [3.8, 4) is 0 Å². The molecule has 0 radical (unpaired) electrons. The van der Waals surface area contributed by atoms with Crippen molar-refractivity contribution in [2.24, 2.45) is 5.92 Å². The molecule has 1 aliphatic carbocycles. The van der Waals surface area contributed by atoms with E-state index in [0.29, 0.717) is 30.2 Å². The zero-order valence-electron chi connectivity index (χ0n) is 16.5. The fourth-order valence-corrected chi connectivity index (χ4v) is 4.55. The van der Waals surface area contributed by atoms with E-state index < -0.39 is 0 Å². The van der Waals surface area contributed by atoms with Crippen molar-refractivity contribution in [1.29, 1.82) is 0 Å². The van der Waals surface area contributed by atoms with Gasteiger partial charge in [0.15, 0.2) is 0 Å². The molecule has 3 heterocycles. The molecule has 1 aromatic rings. The summed E-state index contributed by atoms with van der Waals surface area (Å²) >= 11 is 0. The van der Waals surface area contributed by atoms with E-state index in [1.165, 1.54) is 12.8 Å². The molecule has 6 nitrogen and oxygen atoms in total. The minimum atomic E-state index is 0.105. The molecule has 0 spiro atoms. The lowest BCUT2D eigenvalue weighted by Crippen LogP contribution is -2.46. The summed E-state index contributed by atoms with van der Waals surface area (Å²) in [6, 6.07) is 2.10. The number of carbonyl (C=O) groups is 1. The maximum Gasteiger partial charge on any atom is 0.253 e. The van der Waals surface area contributed by atoms with Crippen LogP contribution in [-0.2, 0) is 11.3 Å². The Labute approximate surface area is 161 Å². The standard InChI is InChI=1S/C21H32N4O2/c1-23-18(4-2-3-5-20(23)26)14-24-10-8-16(9-11-24)13-25-15-22-19(12-21(25)27)17-6-7-17/h12,15-18H,2-11,13-14H2,1H3. The Morgan fingerprint density at radius 2 is 1.81 bits per heavy atom. The predicted molar refractivity (Wildman–Crippen MR) is 105 cm³/mol. The minimum Gasteiger partial charge on any atom is -0.341 e. The van der Waals surface area contributed by atoms with E-state index >= 15 is 0 Å². The summed E-state index contributed by atoms with van der Waals surface area (Å²) in [6.45, 7) is 3.90. The summed E-state index contributed by atoms with van der Waals surface area (Å²) in [5.41, 5.74) is 1.08. The van der Waals surface area contributed by atoms with Gasteiger partial charge in [0.05, 0.1) is 12.0 Å². The van der Waals surface area contributed by atoms with Crippen molar-refractivity contribution in [2.45, 2.75) is 69.9 Å². The van der Waals surface area contributed by atoms with Crippen LogP contribution in [0.5, 0.6) is 0 Å². The maximum atomic E-state index is 12.3. The van der Waals surface area contributed by atoms with E-state index in [1.807, 2.05) is 11.9 Å².